The summed E-state index contributed by atoms with van der Waals surface area (Å²) < 4.78 is 16.0. The highest BCUT2D eigenvalue weighted by Crippen LogP contribution is 2.47. The molecule has 1 aliphatic rings. The molecule has 0 bridgehead atoms. The van der Waals surface area contributed by atoms with E-state index < -0.39 is 11.9 Å². The number of hydrogen-bond acceptors (Lipinski definition) is 8. The van der Waals surface area contributed by atoms with Crippen molar-refractivity contribution in [3.05, 3.63) is 52.1 Å². The monoisotopic (exact) mass is 525 g/mol. The van der Waals surface area contributed by atoms with Gasteiger partial charge in [-0.1, -0.05) is 11.6 Å². The van der Waals surface area contributed by atoms with Crippen molar-refractivity contribution in [1.29, 1.82) is 0 Å². The molecular formula is C24H20ClN5O5S. The van der Waals surface area contributed by atoms with Crippen LogP contribution in [0.25, 0.3) is 10.2 Å². The van der Waals surface area contributed by atoms with Gasteiger partial charge in [0, 0.05) is 17.8 Å². The number of carbonyl (C=O) groups is 2. The second-order valence-corrected chi connectivity index (χ2v) is 9.15. The van der Waals surface area contributed by atoms with Crippen molar-refractivity contribution in [3.8, 4) is 17.2 Å². The van der Waals surface area contributed by atoms with Crippen LogP contribution in [0.5, 0.6) is 17.2 Å². The van der Waals surface area contributed by atoms with E-state index in [0.29, 0.717) is 55.4 Å². The summed E-state index contributed by atoms with van der Waals surface area (Å²) in [5.74, 6) is 1.46. The number of aromatic nitrogens is 2. The first kappa shape index (κ1) is 23.6. The zero-order valence-electron chi connectivity index (χ0n) is 19.6. The molecule has 2 aromatic carbocycles. The topological polar surface area (TPSA) is 115 Å². The van der Waals surface area contributed by atoms with Crippen LogP contribution >= 0.6 is 22.9 Å². The van der Waals surface area contributed by atoms with Crippen LogP contribution in [0.15, 0.2) is 36.7 Å². The lowest BCUT2D eigenvalue weighted by atomic mass is 10.1. The Labute approximate surface area is 214 Å². The fourth-order valence-electron chi connectivity index (χ4n) is 3.98. The molecule has 10 nitrogen and oxygen atoms in total. The molecule has 0 saturated carbocycles. The maximum atomic E-state index is 13.3. The van der Waals surface area contributed by atoms with Gasteiger partial charge < -0.3 is 24.8 Å². The van der Waals surface area contributed by atoms with Crippen molar-refractivity contribution >= 4 is 68.0 Å². The molecule has 0 unspecified atom stereocenters. The lowest BCUT2D eigenvalue weighted by Crippen LogP contribution is -2.35. The van der Waals surface area contributed by atoms with Gasteiger partial charge in [-0.15, -0.1) is 11.3 Å². The van der Waals surface area contributed by atoms with Crippen molar-refractivity contribution in [2.75, 3.05) is 36.9 Å². The minimum atomic E-state index is -0.520. The highest BCUT2D eigenvalue weighted by atomic mass is 35.5. The zero-order chi connectivity index (χ0) is 25.6. The molecular weight excluding hydrogens is 506 g/mol. The summed E-state index contributed by atoms with van der Waals surface area (Å²) in [4.78, 5) is 37.4. The quantitative estimate of drug-likeness (QED) is 0.336. The molecule has 0 aliphatic carbocycles. The first-order valence-corrected chi connectivity index (χ1v) is 11.8. The number of halogens is 1. The molecule has 0 fully saturated rings. The average Bonchev–Trinajstić information content (AvgIpc) is 3.24. The number of nitrogens with one attached hydrogen (secondary N) is 2. The van der Waals surface area contributed by atoms with Gasteiger partial charge in [0.1, 0.15) is 21.8 Å². The van der Waals surface area contributed by atoms with Crippen LogP contribution in [0.4, 0.5) is 27.7 Å². The lowest BCUT2D eigenvalue weighted by Gasteiger charge is -2.28. The summed E-state index contributed by atoms with van der Waals surface area (Å²) in [6, 6.07) is 7.89. The number of benzene rings is 2. The Kier molecular flexibility index (Phi) is 6.02. The van der Waals surface area contributed by atoms with Gasteiger partial charge in [-0.25, -0.2) is 19.7 Å². The first-order valence-electron chi connectivity index (χ1n) is 10.6. The van der Waals surface area contributed by atoms with Crippen molar-refractivity contribution < 1.29 is 23.8 Å². The molecule has 36 heavy (non-hydrogen) atoms. The molecule has 3 heterocycles. The van der Waals surface area contributed by atoms with Gasteiger partial charge in [0.25, 0.3) is 5.91 Å². The van der Waals surface area contributed by atoms with Gasteiger partial charge in [0.05, 0.1) is 43.1 Å². The minimum Gasteiger partial charge on any atom is -0.496 e. The van der Waals surface area contributed by atoms with Crippen molar-refractivity contribution in [2.45, 2.75) is 6.92 Å². The van der Waals surface area contributed by atoms with E-state index in [1.54, 1.807) is 37.4 Å². The number of rotatable bonds is 6. The van der Waals surface area contributed by atoms with E-state index in [-0.39, 0.29) is 4.88 Å². The van der Waals surface area contributed by atoms with E-state index in [1.807, 2.05) is 6.92 Å². The summed E-state index contributed by atoms with van der Waals surface area (Å²) in [5.41, 5.74) is 2.04. The van der Waals surface area contributed by atoms with Gasteiger partial charge in [0.2, 0.25) is 0 Å². The highest BCUT2D eigenvalue weighted by Gasteiger charge is 2.35. The number of aryl methyl sites for hydroxylation is 1. The largest absolute Gasteiger partial charge is 0.496 e. The molecule has 0 radical (unpaired) electrons. The molecule has 4 aromatic rings. The fourth-order valence-corrected chi connectivity index (χ4v) is 5.27. The number of hydrogen-bond donors (Lipinski definition) is 2. The SMILES string of the molecule is COc1cc(N2C(=O)Nc3c(C(=O)Nc4ccc(OC)c(OC)c4)sc4ncnc2c34)c(Cl)cc1C. The van der Waals surface area contributed by atoms with Gasteiger partial charge in [-0.05, 0) is 30.7 Å². The molecule has 12 heteroatoms. The number of urea groups is 1. The molecule has 2 N–H and O–H groups in total. The maximum absolute atomic E-state index is 13.3. The zero-order valence-corrected chi connectivity index (χ0v) is 21.2. The third-order valence-corrected chi connectivity index (χ3v) is 7.07. The van der Waals surface area contributed by atoms with Gasteiger partial charge in [-0.3, -0.25) is 4.79 Å². The Morgan fingerprint density at radius 1 is 1.06 bits per heavy atom. The van der Waals surface area contributed by atoms with Crippen LogP contribution in [-0.4, -0.2) is 43.2 Å². The van der Waals surface area contributed by atoms with Crippen LogP contribution in [0.3, 0.4) is 0 Å². The Bertz CT molecular complexity index is 1540. The Hall–Kier alpha value is -4.09. The number of thiophene rings is 1. The summed E-state index contributed by atoms with van der Waals surface area (Å²) in [5, 5.41) is 6.54. The maximum Gasteiger partial charge on any atom is 0.332 e. The number of ether oxygens (including phenoxy) is 3. The normalized spacial score (nSPS) is 12.4. The predicted molar refractivity (Wildman–Crippen MR) is 139 cm³/mol. The standard InChI is InChI=1S/C24H20ClN5O5S/c1-11-7-13(25)14(9-16(11)34-3)30-21-18-19(29-24(30)32)20(36-23(18)27-10-26-21)22(31)28-12-5-6-15(33-2)17(8-12)35-4/h5-10H,1-4H3,(H,28,31)(H,29,32). The van der Waals surface area contributed by atoms with Gasteiger partial charge in [0.15, 0.2) is 17.3 Å². The molecule has 0 saturated heterocycles. The molecule has 3 amide bonds. The smallest absolute Gasteiger partial charge is 0.332 e. The van der Waals surface area contributed by atoms with E-state index in [2.05, 4.69) is 20.6 Å². The van der Waals surface area contributed by atoms with Gasteiger partial charge in [-0.2, -0.15) is 0 Å². The molecule has 1 aliphatic heterocycles. The van der Waals surface area contributed by atoms with Crippen molar-refractivity contribution in [3.63, 3.8) is 0 Å². The minimum absolute atomic E-state index is 0.280. The van der Waals surface area contributed by atoms with E-state index in [9.17, 15) is 9.59 Å². The van der Waals surface area contributed by atoms with Crippen LogP contribution < -0.4 is 29.7 Å². The van der Waals surface area contributed by atoms with E-state index in [4.69, 9.17) is 25.8 Å². The molecule has 0 spiro atoms. The number of methoxy groups -OCH3 is 3. The second-order valence-electron chi connectivity index (χ2n) is 7.75. The second kappa shape index (κ2) is 9.17. The predicted octanol–water partition coefficient (Wildman–Crippen LogP) is 5.61. The van der Waals surface area contributed by atoms with Crippen LogP contribution in [0.2, 0.25) is 5.02 Å². The number of amides is 3. The van der Waals surface area contributed by atoms with E-state index in [0.717, 1.165) is 16.9 Å². The van der Waals surface area contributed by atoms with Crippen LogP contribution in [-0.2, 0) is 0 Å². The van der Waals surface area contributed by atoms with E-state index in [1.165, 1.54) is 25.4 Å². The van der Waals surface area contributed by atoms with Gasteiger partial charge >= 0.3 is 6.03 Å². The summed E-state index contributed by atoms with van der Waals surface area (Å²) in [7, 11) is 4.58. The molecule has 5 rings (SSSR count). The summed E-state index contributed by atoms with van der Waals surface area (Å²) in [6.07, 6.45) is 1.35. The number of anilines is 4. The third kappa shape index (κ3) is 3.82. The molecule has 2 aromatic heterocycles. The Morgan fingerprint density at radius 2 is 1.81 bits per heavy atom. The highest BCUT2D eigenvalue weighted by molar-refractivity contribution is 7.21. The number of nitrogens with zero attached hydrogens (tertiary/aromatic N) is 3. The third-order valence-electron chi connectivity index (χ3n) is 5.67. The number of carbonyl (C=O) groups excluding carboxylic acids is 2. The van der Waals surface area contributed by atoms with Crippen molar-refractivity contribution in [1.82, 2.24) is 9.97 Å². The van der Waals surface area contributed by atoms with E-state index >= 15 is 0 Å². The first-order chi connectivity index (χ1) is 17.4. The van der Waals surface area contributed by atoms with Crippen molar-refractivity contribution in [2.24, 2.45) is 0 Å². The average molecular weight is 526 g/mol. The Morgan fingerprint density at radius 3 is 2.53 bits per heavy atom. The molecule has 184 valence electrons. The fraction of sp³-hybridized carbons (Fsp3) is 0.167. The summed E-state index contributed by atoms with van der Waals surface area (Å²) in [6.45, 7) is 1.86. The lowest BCUT2D eigenvalue weighted by molar-refractivity contribution is 0.103. The Balaban J connectivity index is 1.57. The summed E-state index contributed by atoms with van der Waals surface area (Å²) >= 11 is 7.65. The van der Waals surface area contributed by atoms with Crippen LogP contribution in [0.1, 0.15) is 15.2 Å². The molecule has 0 atom stereocenters. The van der Waals surface area contributed by atoms with Crippen LogP contribution in [0, 0.1) is 6.92 Å².